The number of hydrogen-bond donors (Lipinski definition) is 3. The summed E-state index contributed by atoms with van der Waals surface area (Å²) >= 11 is 0. The van der Waals surface area contributed by atoms with Gasteiger partial charge in [-0.15, -0.1) is 0 Å². The molecule has 0 spiro atoms. The van der Waals surface area contributed by atoms with Crippen molar-refractivity contribution in [2.75, 3.05) is 5.75 Å². The highest BCUT2D eigenvalue weighted by atomic mass is 32.2. The second kappa shape index (κ2) is 5.33. The van der Waals surface area contributed by atoms with Crippen LogP contribution in [0.15, 0.2) is 0 Å². The van der Waals surface area contributed by atoms with E-state index in [1.807, 2.05) is 4.72 Å². The van der Waals surface area contributed by atoms with E-state index in [0.717, 1.165) is 0 Å². The Morgan fingerprint density at radius 3 is 2.42 bits per heavy atom. The van der Waals surface area contributed by atoms with Crippen LogP contribution in [-0.2, 0) is 19.6 Å². The zero-order valence-electron chi connectivity index (χ0n) is 11.0. The Morgan fingerprint density at radius 1 is 1.37 bits per heavy atom. The maximum atomic E-state index is 11.6. The molecule has 8 nitrogen and oxygen atoms in total. The van der Waals surface area contributed by atoms with E-state index in [2.05, 4.69) is 5.32 Å². The Kier molecular flexibility index (Phi) is 4.41. The number of amides is 1. The quantitative estimate of drug-likeness (QED) is 0.640. The summed E-state index contributed by atoms with van der Waals surface area (Å²) in [6, 6.07) is -2.22. The van der Waals surface area contributed by atoms with Crippen LogP contribution < -0.4 is 10.0 Å². The Bertz CT molecular complexity index is 467. The van der Waals surface area contributed by atoms with E-state index in [1.54, 1.807) is 20.8 Å². The average molecular weight is 294 g/mol. The minimum atomic E-state index is -3.60. The molecule has 3 N–H and O–H groups in total. The summed E-state index contributed by atoms with van der Waals surface area (Å²) in [4.78, 5) is 22.6. The number of carboxylic acids is 1. The van der Waals surface area contributed by atoms with E-state index in [0.29, 0.717) is 0 Å². The smallest absolute Gasteiger partial charge is 0.407 e. The molecule has 1 aliphatic rings. The van der Waals surface area contributed by atoms with Gasteiger partial charge in [0, 0.05) is 0 Å². The number of hydrogen-bond acceptors (Lipinski definition) is 5. The Labute approximate surface area is 111 Å². The molecule has 0 aromatic rings. The summed E-state index contributed by atoms with van der Waals surface area (Å²) in [6.45, 7) is 5.01. The van der Waals surface area contributed by atoms with Crippen molar-refractivity contribution in [2.24, 2.45) is 0 Å². The van der Waals surface area contributed by atoms with Gasteiger partial charge in [0.1, 0.15) is 11.6 Å². The largest absolute Gasteiger partial charge is 0.480 e. The minimum Gasteiger partial charge on any atom is -0.480 e. The van der Waals surface area contributed by atoms with Crippen LogP contribution in [-0.4, -0.2) is 49.0 Å². The highest BCUT2D eigenvalue weighted by molar-refractivity contribution is 7.89. The van der Waals surface area contributed by atoms with Gasteiger partial charge in [0.2, 0.25) is 10.0 Å². The van der Waals surface area contributed by atoms with Crippen molar-refractivity contribution >= 4 is 22.1 Å². The lowest BCUT2D eigenvalue weighted by molar-refractivity contribution is -0.139. The highest BCUT2D eigenvalue weighted by Crippen LogP contribution is 2.13. The van der Waals surface area contributed by atoms with Crippen LogP contribution in [0.5, 0.6) is 0 Å². The lowest BCUT2D eigenvalue weighted by Gasteiger charge is -2.30. The van der Waals surface area contributed by atoms with Gasteiger partial charge < -0.3 is 15.2 Å². The normalized spacial score (nSPS) is 26.5. The summed E-state index contributed by atoms with van der Waals surface area (Å²) in [7, 11) is -3.60. The van der Waals surface area contributed by atoms with Gasteiger partial charge in [0.25, 0.3) is 0 Å². The first-order valence-corrected chi connectivity index (χ1v) is 7.38. The SMILES string of the molecule is CC(C)(C)OC(=O)N[C@@H]1CCS(=O)(=O)N[C@H]1C(=O)O. The molecule has 110 valence electrons. The molecule has 0 saturated carbocycles. The molecule has 1 amide bonds. The first kappa shape index (κ1) is 15.7. The molecule has 1 saturated heterocycles. The van der Waals surface area contributed by atoms with Gasteiger partial charge in [0.15, 0.2) is 0 Å². The number of rotatable bonds is 2. The first-order valence-electron chi connectivity index (χ1n) is 5.72. The molecular formula is C10H18N2O6S. The number of carboxylic acid groups (broad SMARTS) is 1. The second-order valence-electron chi connectivity index (χ2n) is 5.29. The van der Waals surface area contributed by atoms with Gasteiger partial charge in [-0.1, -0.05) is 0 Å². The number of carbonyl (C=O) groups excluding carboxylic acids is 1. The fourth-order valence-corrected chi connectivity index (χ4v) is 2.95. The van der Waals surface area contributed by atoms with Crippen LogP contribution in [0, 0.1) is 0 Å². The van der Waals surface area contributed by atoms with Gasteiger partial charge in [-0.3, -0.25) is 4.79 Å². The standard InChI is InChI=1S/C10H18N2O6S/c1-10(2,3)18-9(15)11-6-4-5-19(16,17)12-7(6)8(13)14/h6-7,12H,4-5H2,1-3H3,(H,11,15)(H,13,14)/t6-,7-/m1/s1. The van der Waals surface area contributed by atoms with Gasteiger partial charge >= 0.3 is 12.1 Å². The molecule has 0 aliphatic carbocycles. The maximum Gasteiger partial charge on any atom is 0.407 e. The number of aliphatic carboxylic acids is 1. The third kappa shape index (κ3) is 5.03. The first-order chi connectivity index (χ1) is 8.50. The lowest BCUT2D eigenvalue weighted by atomic mass is 10.1. The molecular weight excluding hydrogens is 276 g/mol. The fourth-order valence-electron chi connectivity index (χ4n) is 1.62. The summed E-state index contributed by atoms with van der Waals surface area (Å²) in [5, 5.41) is 11.3. The number of ether oxygens (including phenoxy) is 1. The summed E-state index contributed by atoms with van der Waals surface area (Å²) < 4.78 is 29.6. The van der Waals surface area contributed by atoms with E-state index in [-0.39, 0.29) is 12.2 Å². The zero-order chi connectivity index (χ0) is 14.8. The van der Waals surface area contributed by atoms with E-state index >= 15 is 0 Å². The van der Waals surface area contributed by atoms with Crippen LogP contribution in [0.2, 0.25) is 0 Å². The van der Waals surface area contributed by atoms with Gasteiger partial charge in [-0.05, 0) is 27.2 Å². The van der Waals surface area contributed by atoms with Crippen LogP contribution in [0.4, 0.5) is 4.79 Å². The van der Waals surface area contributed by atoms with E-state index in [1.165, 1.54) is 0 Å². The molecule has 0 aromatic heterocycles. The zero-order valence-corrected chi connectivity index (χ0v) is 11.8. The molecule has 0 radical (unpaired) electrons. The lowest BCUT2D eigenvalue weighted by Crippen LogP contribution is -2.60. The molecule has 1 rings (SSSR count). The molecule has 1 fully saturated rings. The minimum absolute atomic E-state index is 0.0194. The third-order valence-corrected chi connectivity index (χ3v) is 3.76. The predicted molar refractivity (Wildman–Crippen MR) is 66.1 cm³/mol. The van der Waals surface area contributed by atoms with Crippen LogP contribution >= 0.6 is 0 Å². The van der Waals surface area contributed by atoms with E-state index in [9.17, 15) is 18.0 Å². The number of alkyl carbamates (subject to hydrolysis) is 1. The fraction of sp³-hybridized carbons (Fsp3) is 0.800. The third-order valence-electron chi connectivity index (χ3n) is 2.37. The number of carbonyl (C=O) groups is 2. The number of nitrogens with one attached hydrogen (secondary N) is 2. The van der Waals surface area contributed by atoms with Gasteiger partial charge in [-0.2, -0.15) is 4.72 Å². The molecule has 2 atom stereocenters. The van der Waals surface area contributed by atoms with Crippen molar-refractivity contribution in [1.29, 1.82) is 0 Å². The van der Waals surface area contributed by atoms with Crippen molar-refractivity contribution in [3.63, 3.8) is 0 Å². The van der Waals surface area contributed by atoms with E-state index < -0.39 is 39.8 Å². The summed E-state index contributed by atoms with van der Waals surface area (Å²) in [5.41, 5.74) is -0.711. The van der Waals surface area contributed by atoms with Crippen molar-refractivity contribution in [1.82, 2.24) is 10.0 Å². The summed E-state index contributed by atoms with van der Waals surface area (Å²) in [6.07, 6.45) is -0.754. The van der Waals surface area contributed by atoms with Crippen molar-refractivity contribution < 1.29 is 27.9 Å². The average Bonchev–Trinajstić information content (AvgIpc) is 2.17. The topological polar surface area (TPSA) is 122 Å². The Hall–Kier alpha value is -1.35. The molecule has 9 heteroatoms. The van der Waals surface area contributed by atoms with Crippen LogP contribution in [0.3, 0.4) is 0 Å². The Balaban J connectivity index is 2.71. The molecule has 19 heavy (non-hydrogen) atoms. The molecule has 0 aromatic carbocycles. The van der Waals surface area contributed by atoms with Crippen LogP contribution in [0.25, 0.3) is 0 Å². The molecule has 0 bridgehead atoms. The highest BCUT2D eigenvalue weighted by Gasteiger charge is 2.38. The van der Waals surface area contributed by atoms with Crippen molar-refractivity contribution in [3.8, 4) is 0 Å². The molecule has 1 aliphatic heterocycles. The maximum absolute atomic E-state index is 11.6. The predicted octanol–water partition coefficient (Wildman–Crippen LogP) is -0.344. The monoisotopic (exact) mass is 294 g/mol. The number of sulfonamides is 1. The van der Waals surface area contributed by atoms with Gasteiger partial charge in [0.05, 0.1) is 11.8 Å². The Morgan fingerprint density at radius 2 is 1.95 bits per heavy atom. The second-order valence-corrected chi connectivity index (χ2v) is 7.17. The van der Waals surface area contributed by atoms with Crippen LogP contribution in [0.1, 0.15) is 27.2 Å². The van der Waals surface area contributed by atoms with Crippen molar-refractivity contribution in [3.05, 3.63) is 0 Å². The molecule has 0 unspecified atom stereocenters. The van der Waals surface area contributed by atoms with Crippen molar-refractivity contribution in [2.45, 2.75) is 44.9 Å². The van der Waals surface area contributed by atoms with Gasteiger partial charge in [-0.25, -0.2) is 13.2 Å². The summed E-state index contributed by atoms with van der Waals surface area (Å²) in [5.74, 6) is -1.58. The molecule has 1 heterocycles. The van der Waals surface area contributed by atoms with E-state index in [4.69, 9.17) is 9.84 Å².